The van der Waals surface area contributed by atoms with Crippen LogP contribution < -0.4 is 21.3 Å². The molecule has 1 unspecified atom stereocenters. The maximum absolute atomic E-state index is 14.1. The lowest BCUT2D eigenvalue weighted by atomic mass is 9.85. The van der Waals surface area contributed by atoms with Gasteiger partial charge >= 0.3 is 6.03 Å². The summed E-state index contributed by atoms with van der Waals surface area (Å²) in [6, 6.07) is -3.87. The standard InChI is InChI=1S/C33H54N6O6/c1-9-12-22(26(41)29(43)34-21-14-15-21)35-28(42)25-20(2)16-18-39(25)30(44)27(33(6,7)8)37-31(45)36-23(32(3,4)5)19-38-17-11-10-13-24(38)40/h16,21-23,25,27H,9-15,17-19H2,1-8H3,(H,34,43)(H,35,42)(H2,36,37,45)/t22?,23-,25+,27-/m1/s1. The average Bonchev–Trinajstić information content (AvgIpc) is 3.67. The number of nitrogens with zero attached hydrogens (tertiary/aromatic N) is 2. The van der Waals surface area contributed by atoms with E-state index in [1.165, 1.54) is 4.90 Å². The molecule has 2 fully saturated rings. The number of piperidine rings is 1. The summed E-state index contributed by atoms with van der Waals surface area (Å²) in [5.74, 6) is -2.30. The summed E-state index contributed by atoms with van der Waals surface area (Å²) in [6.45, 7) is 16.3. The molecule has 3 aliphatic rings. The Hall–Kier alpha value is -3.44. The van der Waals surface area contributed by atoms with Gasteiger partial charge in [-0.15, -0.1) is 0 Å². The summed E-state index contributed by atoms with van der Waals surface area (Å²) in [4.78, 5) is 82.2. The van der Waals surface area contributed by atoms with Crippen LogP contribution in [0.5, 0.6) is 0 Å². The molecule has 0 radical (unpaired) electrons. The van der Waals surface area contributed by atoms with Gasteiger partial charge in [0.25, 0.3) is 5.91 Å². The molecule has 0 aromatic rings. The van der Waals surface area contributed by atoms with Crippen molar-refractivity contribution in [3.8, 4) is 0 Å². The summed E-state index contributed by atoms with van der Waals surface area (Å²) >= 11 is 0. The van der Waals surface area contributed by atoms with Gasteiger partial charge in [0, 0.05) is 32.1 Å². The van der Waals surface area contributed by atoms with E-state index in [0.717, 1.165) is 25.7 Å². The van der Waals surface area contributed by atoms with Crippen LogP contribution in [0.4, 0.5) is 4.79 Å². The SMILES string of the molecule is CCCC(NC(=O)[C@@H]1C(C)=CCN1C(=O)[C@@H](NC(=O)N[C@H](CN1CCCCC1=O)C(C)(C)C)C(C)(C)C)C(=O)C(=O)NC1CC1. The fourth-order valence-corrected chi connectivity index (χ4v) is 5.68. The van der Waals surface area contributed by atoms with Gasteiger partial charge in [0.15, 0.2) is 0 Å². The van der Waals surface area contributed by atoms with Gasteiger partial charge in [0.05, 0.1) is 12.1 Å². The quantitative estimate of drug-likeness (QED) is 0.192. The van der Waals surface area contributed by atoms with E-state index < -0.39 is 53.1 Å². The third-order valence-corrected chi connectivity index (χ3v) is 8.79. The summed E-state index contributed by atoms with van der Waals surface area (Å²) in [5.41, 5.74) is -0.437. The molecule has 252 valence electrons. The second-order valence-corrected chi connectivity index (χ2v) is 14.9. The lowest BCUT2D eigenvalue weighted by Gasteiger charge is -2.39. The first-order chi connectivity index (χ1) is 20.9. The molecule has 4 atom stereocenters. The normalized spacial score (nSPS) is 20.9. The van der Waals surface area contributed by atoms with Crippen molar-refractivity contribution in [2.75, 3.05) is 19.6 Å². The van der Waals surface area contributed by atoms with E-state index in [0.29, 0.717) is 31.5 Å². The molecule has 2 heterocycles. The van der Waals surface area contributed by atoms with Gasteiger partial charge in [-0.2, -0.15) is 0 Å². The maximum Gasteiger partial charge on any atom is 0.315 e. The van der Waals surface area contributed by atoms with Crippen molar-refractivity contribution in [1.82, 2.24) is 31.1 Å². The fourth-order valence-electron chi connectivity index (χ4n) is 5.68. The molecule has 0 aromatic carbocycles. The summed E-state index contributed by atoms with van der Waals surface area (Å²) in [6.07, 6.45) is 6.61. The van der Waals surface area contributed by atoms with Crippen LogP contribution >= 0.6 is 0 Å². The number of urea groups is 1. The first-order valence-corrected chi connectivity index (χ1v) is 16.4. The fraction of sp³-hybridized carbons (Fsp3) is 0.758. The van der Waals surface area contributed by atoms with E-state index in [4.69, 9.17) is 0 Å². The number of rotatable bonds is 12. The van der Waals surface area contributed by atoms with Crippen molar-refractivity contribution in [2.24, 2.45) is 10.8 Å². The maximum atomic E-state index is 14.1. The second kappa shape index (κ2) is 14.8. The molecule has 6 amide bonds. The zero-order chi connectivity index (χ0) is 33.7. The lowest BCUT2D eigenvalue weighted by Crippen LogP contribution is -2.62. The Bertz CT molecular complexity index is 1180. The van der Waals surface area contributed by atoms with Crippen LogP contribution in [-0.4, -0.2) is 95.1 Å². The van der Waals surface area contributed by atoms with Gasteiger partial charge in [-0.1, -0.05) is 61.0 Å². The highest BCUT2D eigenvalue weighted by Crippen LogP contribution is 2.27. The minimum absolute atomic E-state index is 0.0116. The molecule has 12 nitrogen and oxygen atoms in total. The van der Waals surface area contributed by atoms with Gasteiger partial charge in [0.2, 0.25) is 23.5 Å². The van der Waals surface area contributed by atoms with Crippen LogP contribution in [0.1, 0.15) is 100 Å². The predicted octanol–water partition coefficient (Wildman–Crippen LogP) is 2.42. The zero-order valence-electron chi connectivity index (χ0n) is 28.4. The molecule has 3 rings (SSSR count). The van der Waals surface area contributed by atoms with Gasteiger partial charge in [-0.05, 0) is 55.4 Å². The van der Waals surface area contributed by atoms with Crippen molar-refractivity contribution >= 4 is 35.4 Å². The lowest BCUT2D eigenvalue weighted by molar-refractivity contribution is -0.143. The number of carbonyl (C=O) groups is 6. The molecule has 45 heavy (non-hydrogen) atoms. The summed E-state index contributed by atoms with van der Waals surface area (Å²) < 4.78 is 0. The first kappa shape index (κ1) is 36.0. The highest BCUT2D eigenvalue weighted by molar-refractivity contribution is 6.38. The minimum Gasteiger partial charge on any atom is -0.347 e. The van der Waals surface area contributed by atoms with Crippen LogP contribution in [0.3, 0.4) is 0 Å². The van der Waals surface area contributed by atoms with Crippen molar-refractivity contribution in [3.63, 3.8) is 0 Å². The third-order valence-electron chi connectivity index (χ3n) is 8.79. The van der Waals surface area contributed by atoms with Crippen LogP contribution in [-0.2, 0) is 24.0 Å². The van der Waals surface area contributed by atoms with E-state index in [2.05, 4.69) is 21.3 Å². The molecule has 0 aromatic heterocycles. The second-order valence-electron chi connectivity index (χ2n) is 14.9. The van der Waals surface area contributed by atoms with E-state index in [-0.39, 0.29) is 36.4 Å². The highest BCUT2D eigenvalue weighted by atomic mass is 16.2. The number of likely N-dealkylation sites (tertiary alicyclic amines) is 1. The molecular weight excluding hydrogens is 576 g/mol. The van der Waals surface area contributed by atoms with Crippen molar-refractivity contribution < 1.29 is 28.8 Å². The van der Waals surface area contributed by atoms with Crippen LogP contribution in [0.2, 0.25) is 0 Å². The number of ketones is 1. The Kier molecular flexibility index (Phi) is 11.8. The zero-order valence-corrected chi connectivity index (χ0v) is 28.4. The molecule has 0 spiro atoms. The topological polar surface area (TPSA) is 157 Å². The van der Waals surface area contributed by atoms with Gasteiger partial charge < -0.3 is 31.1 Å². The summed E-state index contributed by atoms with van der Waals surface area (Å²) in [5, 5.41) is 11.3. The van der Waals surface area contributed by atoms with Gasteiger partial charge in [-0.3, -0.25) is 24.0 Å². The smallest absolute Gasteiger partial charge is 0.315 e. The predicted molar refractivity (Wildman–Crippen MR) is 171 cm³/mol. The Balaban J connectivity index is 1.73. The molecule has 0 bridgehead atoms. The third kappa shape index (κ3) is 9.77. The van der Waals surface area contributed by atoms with E-state index in [1.807, 2.05) is 48.5 Å². The number of carbonyl (C=O) groups excluding carboxylic acids is 6. The molecule has 2 aliphatic heterocycles. The number of hydrogen-bond acceptors (Lipinski definition) is 6. The Morgan fingerprint density at radius 2 is 1.62 bits per heavy atom. The van der Waals surface area contributed by atoms with E-state index >= 15 is 0 Å². The highest BCUT2D eigenvalue weighted by Gasteiger charge is 2.43. The molecule has 1 aliphatic carbocycles. The molecule has 1 saturated heterocycles. The van der Waals surface area contributed by atoms with Crippen LogP contribution in [0.15, 0.2) is 11.6 Å². The number of amides is 6. The number of nitrogens with one attached hydrogen (secondary N) is 4. The van der Waals surface area contributed by atoms with Crippen molar-refractivity contribution in [1.29, 1.82) is 0 Å². The summed E-state index contributed by atoms with van der Waals surface area (Å²) in [7, 11) is 0. The van der Waals surface area contributed by atoms with Crippen LogP contribution in [0.25, 0.3) is 0 Å². The van der Waals surface area contributed by atoms with Crippen LogP contribution in [0, 0.1) is 10.8 Å². The molecular formula is C33H54N6O6. The first-order valence-electron chi connectivity index (χ1n) is 16.4. The molecule has 1 saturated carbocycles. The van der Waals surface area contributed by atoms with E-state index in [9.17, 15) is 28.8 Å². The van der Waals surface area contributed by atoms with E-state index in [1.54, 1.807) is 17.9 Å². The number of hydrogen-bond donors (Lipinski definition) is 4. The largest absolute Gasteiger partial charge is 0.347 e. The monoisotopic (exact) mass is 630 g/mol. The van der Waals surface area contributed by atoms with Crippen molar-refractivity contribution in [3.05, 3.63) is 11.6 Å². The Morgan fingerprint density at radius 3 is 2.18 bits per heavy atom. The Labute approximate surface area is 267 Å². The average molecular weight is 631 g/mol. The molecule has 12 heteroatoms. The van der Waals surface area contributed by atoms with Gasteiger partial charge in [-0.25, -0.2) is 4.79 Å². The number of Topliss-reactive ketones (excluding diaryl/α,β-unsaturated/α-hetero) is 1. The Morgan fingerprint density at radius 1 is 0.956 bits per heavy atom. The van der Waals surface area contributed by atoms with Crippen molar-refractivity contribution in [2.45, 2.75) is 131 Å². The van der Waals surface area contributed by atoms with Gasteiger partial charge in [0.1, 0.15) is 12.1 Å². The molecule has 4 N–H and O–H groups in total. The minimum atomic E-state index is -1.00.